The minimum atomic E-state index is -0.493. The predicted molar refractivity (Wildman–Crippen MR) is 67.9 cm³/mol. The Hall–Kier alpha value is -0.850. The summed E-state index contributed by atoms with van der Waals surface area (Å²) in [4.78, 5) is 13.9. The number of aliphatic hydroxyl groups is 1. The Morgan fingerprint density at radius 1 is 1.65 bits per heavy atom. The van der Waals surface area contributed by atoms with Gasteiger partial charge in [0.15, 0.2) is 0 Å². The molecule has 0 bridgehead atoms. The fraction of sp³-hybridized carbons (Fsp3) is 0.545. The number of rotatable bonds is 2. The molecule has 2 heterocycles. The summed E-state index contributed by atoms with van der Waals surface area (Å²) in [5.41, 5.74) is 0.610. The number of carbonyl (C=O) groups excluding carboxylic acids is 1. The number of hydrogen-bond acceptors (Lipinski definition) is 3. The lowest BCUT2D eigenvalue weighted by Gasteiger charge is -2.26. The number of hydrogen-bond donors (Lipinski definition) is 2. The van der Waals surface area contributed by atoms with Crippen LogP contribution >= 0.6 is 15.9 Å². The fourth-order valence-corrected chi connectivity index (χ4v) is 2.64. The molecule has 0 aromatic carbocycles. The molecule has 94 valence electrons. The number of β-amino-alcohol motifs (C(OH)–C–C–N with tert-alkyl or cyclic N) is 1. The quantitative estimate of drug-likeness (QED) is 0.820. The van der Waals surface area contributed by atoms with Crippen LogP contribution in [0.2, 0.25) is 0 Å². The van der Waals surface area contributed by atoms with Crippen molar-refractivity contribution in [3.05, 3.63) is 22.4 Å². The summed E-state index contributed by atoms with van der Waals surface area (Å²) in [7, 11) is 3.55. The van der Waals surface area contributed by atoms with Crippen LogP contribution in [0.3, 0.4) is 0 Å². The van der Waals surface area contributed by atoms with E-state index >= 15 is 0 Å². The molecule has 1 aliphatic heterocycles. The number of likely N-dealkylation sites (N-methyl/N-ethyl adjacent to an activating group) is 1. The van der Waals surface area contributed by atoms with E-state index in [1.807, 2.05) is 13.2 Å². The molecule has 1 aromatic heterocycles. The van der Waals surface area contributed by atoms with E-state index < -0.39 is 6.10 Å². The maximum absolute atomic E-state index is 12.3. The number of nitrogens with zero attached hydrogens (tertiary/aromatic N) is 2. The Labute approximate surface area is 109 Å². The third-order valence-electron chi connectivity index (χ3n) is 3.16. The number of nitrogens with one attached hydrogen (secondary N) is 1. The number of amides is 1. The normalized spacial score (nSPS) is 24.0. The number of carbonyl (C=O) groups is 1. The Morgan fingerprint density at radius 3 is 2.82 bits per heavy atom. The third kappa shape index (κ3) is 2.38. The Bertz CT molecular complexity index is 432. The molecule has 0 spiro atoms. The van der Waals surface area contributed by atoms with Crippen molar-refractivity contribution in [2.75, 3.05) is 20.1 Å². The summed E-state index contributed by atoms with van der Waals surface area (Å²) >= 11 is 3.34. The summed E-state index contributed by atoms with van der Waals surface area (Å²) in [6.07, 6.45) is 1.34. The van der Waals surface area contributed by atoms with Crippen molar-refractivity contribution in [3.63, 3.8) is 0 Å². The van der Waals surface area contributed by atoms with Crippen LogP contribution in [0.25, 0.3) is 0 Å². The average Bonchev–Trinajstić information content (AvgIpc) is 2.82. The molecule has 1 fully saturated rings. The highest BCUT2D eigenvalue weighted by Crippen LogP contribution is 2.17. The lowest BCUT2D eigenvalue weighted by molar-refractivity contribution is 0.0572. The zero-order chi connectivity index (χ0) is 12.6. The van der Waals surface area contributed by atoms with Gasteiger partial charge in [0.1, 0.15) is 5.69 Å². The first-order valence-corrected chi connectivity index (χ1v) is 6.28. The van der Waals surface area contributed by atoms with Gasteiger partial charge in [-0.15, -0.1) is 0 Å². The molecule has 0 saturated carbocycles. The van der Waals surface area contributed by atoms with Crippen LogP contribution in [-0.2, 0) is 7.05 Å². The summed E-state index contributed by atoms with van der Waals surface area (Å²) < 4.78 is 2.65. The highest BCUT2D eigenvalue weighted by atomic mass is 79.9. The monoisotopic (exact) mass is 301 g/mol. The SMILES string of the molecule is CN(C(=O)c1cc(Br)cn1C)[C@H]1CNC[C@@H]1O. The van der Waals surface area contributed by atoms with Crippen LogP contribution in [0.4, 0.5) is 0 Å². The first kappa shape index (κ1) is 12.6. The molecule has 2 rings (SSSR count). The van der Waals surface area contributed by atoms with E-state index in [9.17, 15) is 9.90 Å². The van der Waals surface area contributed by atoms with E-state index in [2.05, 4.69) is 21.2 Å². The minimum Gasteiger partial charge on any atom is -0.390 e. The Balaban J connectivity index is 2.17. The zero-order valence-electron chi connectivity index (χ0n) is 9.85. The molecular weight excluding hydrogens is 286 g/mol. The lowest BCUT2D eigenvalue weighted by Crippen LogP contribution is -2.44. The van der Waals surface area contributed by atoms with Crippen molar-refractivity contribution in [3.8, 4) is 0 Å². The van der Waals surface area contributed by atoms with Gasteiger partial charge < -0.3 is 19.9 Å². The summed E-state index contributed by atoms with van der Waals surface area (Å²) in [6.45, 7) is 1.17. The van der Waals surface area contributed by atoms with Crippen LogP contribution in [0.15, 0.2) is 16.7 Å². The van der Waals surface area contributed by atoms with Crippen LogP contribution in [0.5, 0.6) is 0 Å². The van der Waals surface area contributed by atoms with Gasteiger partial charge in [-0.3, -0.25) is 4.79 Å². The van der Waals surface area contributed by atoms with Gasteiger partial charge in [0.2, 0.25) is 0 Å². The van der Waals surface area contributed by atoms with Crippen molar-refractivity contribution >= 4 is 21.8 Å². The maximum atomic E-state index is 12.3. The summed E-state index contributed by atoms with van der Waals surface area (Å²) in [5.74, 6) is -0.0778. The molecule has 6 heteroatoms. The van der Waals surface area contributed by atoms with E-state index in [0.29, 0.717) is 18.8 Å². The number of aryl methyl sites for hydroxylation is 1. The fourth-order valence-electron chi connectivity index (χ4n) is 2.11. The topological polar surface area (TPSA) is 57.5 Å². The second kappa shape index (κ2) is 4.80. The van der Waals surface area contributed by atoms with E-state index in [1.165, 1.54) is 0 Å². The first-order chi connectivity index (χ1) is 8.00. The molecule has 2 N–H and O–H groups in total. The van der Waals surface area contributed by atoms with Crippen LogP contribution in [0, 0.1) is 0 Å². The molecule has 1 aromatic rings. The third-order valence-corrected chi connectivity index (χ3v) is 3.59. The van der Waals surface area contributed by atoms with Gasteiger partial charge in [-0.1, -0.05) is 0 Å². The van der Waals surface area contributed by atoms with Crippen molar-refractivity contribution in [2.45, 2.75) is 12.1 Å². The molecule has 17 heavy (non-hydrogen) atoms. The number of aliphatic hydroxyl groups excluding tert-OH is 1. The van der Waals surface area contributed by atoms with Gasteiger partial charge in [-0.05, 0) is 22.0 Å². The van der Waals surface area contributed by atoms with Crippen LogP contribution in [-0.4, -0.2) is 52.8 Å². The summed E-state index contributed by atoms with van der Waals surface area (Å²) in [5, 5.41) is 12.8. The van der Waals surface area contributed by atoms with Crippen molar-refractivity contribution in [2.24, 2.45) is 7.05 Å². The van der Waals surface area contributed by atoms with Gasteiger partial charge in [-0.25, -0.2) is 0 Å². The second-order valence-electron chi connectivity index (χ2n) is 4.36. The predicted octanol–water partition coefficient (Wildman–Crippen LogP) is 0.192. The van der Waals surface area contributed by atoms with E-state index in [1.54, 1.807) is 22.6 Å². The molecule has 2 atom stereocenters. The zero-order valence-corrected chi connectivity index (χ0v) is 11.4. The minimum absolute atomic E-state index is 0.0778. The summed E-state index contributed by atoms with van der Waals surface area (Å²) in [6, 6.07) is 1.63. The molecular formula is C11H16BrN3O2. The lowest BCUT2D eigenvalue weighted by atomic mass is 10.2. The average molecular weight is 302 g/mol. The molecule has 0 radical (unpaired) electrons. The number of aromatic nitrogens is 1. The molecule has 1 saturated heterocycles. The molecule has 1 amide bonds. The van der Waals surface area contributed by atoms with Gasteiger partial charge >= 0.3 is 0 Å². The van der Waals surface area contributed by atoms with Gasteiger partial charge in [0, 0.05) is 37.9 Å². The smallest absolute Gasteiger partial charge is 0.270 e. The number of halogens is 1. The molecule has 5 nitrogen and oxygen atoms in total. The Kier molecular flexibility index (Phi) is 3.56. The van der Waals surface area contributed by atoms with Crippen LogP contribution in [0.1, 0.15) is 10.5 Å². The standard InChI is InChI=1S/C11H16BrN3O2/c1-14-6-7(12)3-8(14)11(17)15(2)9-4-13-5-10(9)16/h3,6,9-10,13,16H,4-5H2,1-2H3/t9-,10-/m0/s1. The largest absolute Gasteiger partial charge is 0.390 e. The Morgan fingerprint density at radius 2 is 2.35 bits per heavy atom. The van der Waals surface area contributed by atoms with Gasteiger partial charge in [0.05, 0.1) is 12.1 Å². The second-order valence-corrected chi connectivity index (χ2v) is 5.28. The van der Waals surface area contributed by atoms with Crippen molar-refractivity contribution in [1.82, 2.24) is 14.8 Å². The van der Waals surface area contributed by atoms with Gasteiger partial charge in [0.25, 0.3) is 5.91 Å². The van der Waals surface area contributed by atoms with Crippen molar-refractivity contribution in [1.29, 1.82) is 0 Å². The van der Waals surface area contributed by atoms with Crippen molar-refractivity contribution < 1.29 is 9.90 Å². The molecule has 0 aliphatic carbocycles. The van der Waals surface area contributed by atoms with Crippen LogP contribution < -0.4 is 5.32 Å². The van der Waals surface area contributed by atoms with Gasteiger partial charge in [-0.2, -0.15) is 0 Å². The molecule has 0 unspecified atom stereocenters. The van der Waals surface area contributed by atoms with E-state index in [0.717, 1.165) is 4.47 Å². The molecule has 1 aliphatic rings. The first-order valence-electron chi connectivity index (χ1n) is 5.48. The van der Waals surface area contributed by atoms with E-state index in [4.69, 9.17) is 0 Å². The maximum Gasteiger partial charge on any atom is 0.270 e. The van der Waals surface area contributed by atoms with E-state index in [-0.39, 0.29) is 11.9 Å². The highest BCUT2D eigenvalue weighted by molar-refractivity contribution is 9.10. The highest BCUT2D eigenvalue weighted by Gasteiger charge is 2.32.